The highest BCUT2D eigenvalue weighted by Crippen LogP contribution is 2.34. The Morgan fingerprint density at radius 1 is 1.09 bits per heavy atom. The van der Waals surface area contributed by atoms with Gasteiger partial charge in [-0.3, -0.25) is 9.69 Å². The van der Waals surface area contributed by atoms with Gasteiger partial charge in [0.2, 0.25) is 0 Å². The molecule has 0 unspecified atom stereocenters. The molecular weight excluding hydrogens is 472 g/mol. The normalized spacial score (nSPS) is 14.9. The fourth-order valence-corrected chi connectivity index (χ4v) is 5.81. The van der Waals surface area contributed by atoms with Crippen LogP contribution in [-0.2, 0) is 9.84 Å². The molecule has 4 rings (SSSR count). The first kappa shape index (κ1) is 24.4. The molecule has 1 N–H and O–H groups in total. The van der Waals surface area contributed by atoms with Crippen LogP contribution in [0.1, 0.15) is 24.2 Å². The molecule has 0 atom stereocenters. The van der Waals surface area contributed by atoms with Crippen LogP contribution in [0.2, 0.25) is 0 Å². The van der Waals surface area contributed by atoms with Gasteiger partial charge in [-0.2, -0.15) is 0 Å². The van der Waals surface area contributed by atoms with Crippen LogP contribution in [0.3, 0.4) is 0 Å². The Bertz CT molecular complexity index is 1230. The minimum Gasteiger partial charge on any atom is -0.492 e. The highest BCUT2D eigenvalue weighted by Gasteiger charge is 2.21. The van der Waals surface area contributed by atoms with E-state index < -0.39 is 9.84 Å². The Morgan fingerprint density at radius 2 is 1.82 bits per heavy atom. The van der Waals surface area contributed by atoms with Crippen LogP contribution in [0.25, 0.3) is 10.2 Å². The van der Waals surface area contributed by atoms with Crippen LogP contribution in [0.4, 0.5) is 5.13 Å². The van der Waals surface area contributed by atoms with Crippen molar-refractivity contribution in [1.29, 1.82) is 0 Å². The van der Waals surface area contributed by atoms with E-state index in [0.29, 0.717) is 18.7 Å². The van der Waals surface area contributed by atoms with Crippen molar-refractivity contribution in [2.24, 2.45) is 0 Å². The van der Waals surface area contributed by atoms with Gasteiger partial charge in [-0.05, 0) is 43.3 Å². The van der Waals surface area contributed by atoms with E-state index in [4.69, 9.17) is 9.72 Å². The Hall–Kier alpha value is -2.69. The number of aromatic nitrogens is 1. The second-order valence-electron chi connectivity index (χ2n) is 8.04. The van der Waals surface area contributed by atoms with Crippen molar-refractivity contribution < 1.29 is 17.9 Å². The molecule has 0 spiro atoms. The van der Waals surface area contributed by atoms with Crippen LogP contribution in [0, 0.1) is 0 Å². The number of hydrogen-bond acceptors (Lipinski definition) is 8. The van der Waals surface area contributed by atoms with Gasteiger partial charge in [-0.15, -0.1) is 0 Å². The maximum absolute atomic E-state index is 12.4. The summed E-state index contributed by atoms with van der Waals surface area (Å²) in [5, 5.41) is 3.95. The van der Waals surface area contributed by atoms with Gasteiger partial charge < -0.3 is 15.0 Å². The molecule has 10 heteroatoms. The molecule has 34 heavy (non-hydrogen) atoms. The average molecular weight is 503 g/mol. The van der Waals surface area contributed by atoms with Crippen LogP contribution in [0.5, 0.6) is 5.75 Å². The van der Waals surface area contributed by atoms with Crippen molar-refractivity contribution in [2.45, 2.75) is 18.7 Å². The predicted octanol–water partition coefficient (Wildman–Crippen LogP) is 3.04. The molecule has 0 aliphatic carbocycles. The molecule has 1 amide bonds. The number of sulfone groups is 1. The highest BCUT2D eigenvalue weighted by molar-refractivity contribution is 7.91. The van der Waals surface area contributed by atoms with E-state index in [1.54, 1.807) is 30.4 Å². The van der Waals surface area contributed by atoms with Crippen molar-refractivity contribution in [1.82, 2.24) is 15.2 Å². The Kier molecular flexibility index (Phi) is 7.70. The minimum atomic E-state index is -3.26. The molecule has 8 nitrogen and oxygen atoms in total. The van der Waals surface area contributed by atoms with Gasteiger partial charge in [0.05, 0.1) is 22.0 Å². The number of anilines is 1. The summed E-state index contributed by atoms with van der Waals surface area (Å²) in [7, 11) is -3.26. The predicted molar refractivity (Wildman–Crippen MR) is 136 cm³/mol. The first-order chi connectivity index (χ1) is 16.4. The van der Waals surface area contributed by atoms with Gasteiger partial charge in [0, 0.05) is 44.8 Å². The molecular formula is C24H30N4O4S2. The van der Waals surface area contributed by atoms with Crippen molar-refractivity contribution >= 4 is 42.4 Å². The largest absolute Gasteiger partial charge is 0.492 e. The van der Waals surface area contributed by atoms with Crippen LogP contribution < -0.4 is 15.0 Å². The Morgan fingerprint density at radius 3 is 2.50 bits per heavy atom. The lowest BCUT2D eigenvalue weighted by atomic mass is 10.2. The number of rotatable bonds is 9. The van der Waals surface area contributed by atoms with E-state index >= 15 is 0 Å². The van der Waals surface area contributed by atoms with Gasteiger partial charge in [0.1, 0.15) is 11.3 Å². The number of piperazine rings is 1. The molecule has 1 fully saturated rings. The zero-order chi connectivity index (χ0) is 24.1. The number of para-hydroxylation sites is 1. The Labute approximate surface area is 204 Å². The van der Waals surface area contributed by atoms with Gasteiger partial charge in [0.15, 0.2) is 15.0 Å². The summed E-state index contributed by atoms with van der Waals surface area (Å²) in [5.41, 5.74) is 1.39. The van der Waals surface area contributed by atoms with Crippen molar-refractivity contribution in [2.75, 3.05) is 56.5 Å². The molecule has 1 aromatic heterocycles. The lowest BCUT2D eigenvalue weighted by Crippen LogP contribution is -2.48. The summed E-state index contributed by atoms with van der Waals surface area (Å²) in [5.74, 6) is 0.677. The average Bonchev–Trinajstić information content (AvgIpc) is 3.30. The number of carbonyl (C=O) groups excluding carboxylic acids is 1. The topological polar surface area (TPSA) is 91.8 Å². The van der Waals surface area contributed by atoms with Crippen molar-refractivity contribution in [3.63, 3.8) is 0 Å². The molecule has 0 radical (unpaired) electrons. The highest BCUT2D eigenvalue weighted by atomic mass is 32.2. The third-order valence-electron chi connectivity index (χ3n) is 5.88. The maximum Gasteiger partial charge on any atom is 0.251 e. The van der Waals surface area contributed by atoms with Crippen molar-refractivity contribution in [3.05, 3.63) is 48.0 Å². The third-order valence-corrected chi connectivity index (χ3v) is 8.71. The number of amides is 1. The van der Waals surface area contributed by atoms with E-state index in [9.17, 15) is 13.2 Å². The lowest BCUT2D eigenvalue weighted by molar-refractivity contribution is 0.0947. The summed E-state index contributed by atoms with van der Waals surface area (Å²) in [6.07, 6.45) is 0. The summed E-state index contributed by atoms with van der Waals surface area (Å²) in [6.45, 7) is 9.05. The maximum atomic E-state index is 12.4. The standard InChI is InChI=1S/C24H30N4O4S2/c1-3-32-20-6-5-7-21-22(20)26-24(33-21)28-16-14-27(15-17-28)13-12-25-23(29)18-8-10-19(11-9-18)34(30,31)4-2/h5-11H,3-4,12-17H2,1-2H3,(H,25,29). The van der Waals surface area contributed by atoms with E-state index in [0.717, 1.165) is 53.8 Å². The van der Waals surface area contributed by atoms with Crippen LogP contribution in [-0.4, -0.2) is 75.8 Å². The molecule has 0 saturated carbocycles. The van der Waals surface area contributed by atoms with Gasteiger partial charge >= 0.3 is 0 Å². The number of thiazole rings is 1. The summed E-state index contributed by atoms with van der Waals surface area (Å²) in [4.78, 5) is 22.1. The smallest absolute Gasteiger partial charge is 0.251 e. The molecule has 2 heterocycles. The first-order valence-electron chi connectivity index (χ1n) is 11.5. The first-order valence-corrected chi connectivity index (χ1v) is 14.0. The van der Waals surface area contributed by atoms with Crippen molar-refractivity contribution in [3.8, 4) is 5.75 Å². The molecule has 1 aliphatic heterocycles. The molecule has 0 bridgehead atoms. The lowest BCUT2D eigenvalue weighted by Gasteiger charge is -2.34. The number of ether oxygens (including phenoxy) is 1. The molecule has 2 aromatic carbocycles. The number of fused-ring (bicyclic) bond motifs is 1. The number of benzene rings is 2. The molecule has 182 valence electrons. The van der Waals surface area contributed by atoms with E-state index in [1.165, 1.54) is 12.1 Å². The van der Waals surface area contributed by atoms with Crippen LogP contribution >= 0.6 is 11.3 Å². The molecule has 1 saturated heterocycles. The van der Waals surface area contributed by atoms with E-state index in [2.05, 4.69) is 21.2 Å². The monoisotopic (exact) mass is 502 g/mol. The third kappa shape index (κ3) is 5.51. The zero-order valence-electron chi connectivity index (χ0n) is 19.5. The summed E-state index contributed by atoms with van der Waals surface area (Å²) in [6, 6.07) is 12.1. The van der Waals surface area contributed by atoms with Crippen LogP contribution in [0.15, 0.2) is 47.4 Å². The van der Waals surface area contributed by atoms with E-state index in [-0.39, 0.29) is 16.6 Å². The van der Waals surface area contributed by atoms with Gasteiger partial charge in [-0.1, -0.05) is 24.3 Å². The second-order valence-corrected chi connectivity index (χ2v) is 11.3. The molecule has 1 aliphatic rings. The van der Waals surface area contributed by atoms with Gasteiger partial charge in [0.25, 0.3) is 5.91 Å². The number of nitrogens with one attached hydrogen (secondary N) is 1. The number of nitrogens with zero attached hydrogens (tertiary/aromatic N) is 3. The summed E-state index contributed by atoms with van der Waals surface area (Å²) >= 11 is 1.69. The fourth-order valence-electron chi connectivity index (χ4n) is 3.89. The Balaban J connectivity index is 1.25. The second kappa shape index (κ2) is 10.7. The number of hydrogen-bond donors (Lipinski definition) is 1. The SMILES string of the molecule is CCOc1cccc2sc(N3CCN(CCNC(=O)c4ccc(S(=O)(=O)CC)cc4)CC3)nc12. The van der Waals surface area contributed by atoms with E-state index in [1.807, 2.05) is 19.1 Å². The summed E-state index contributed by atoms with van der Waals surface area (Å²) < 4.78 is 30.7. The molecule has 3 aromatic rings. The van der Waals surface area contributed by atoms with Gasteiger partial charge in [-0.25, -0.2) is 13.4 Å². The zero-order valence-corrected chi connectivity index (χ0v) is 21.1. The number of carbonyl (C=O) groups is 1. The fraction of sp³-hybridized carbons (Fsp3) is 0.417. The minimum absolute atomic E-state index is 0.0408. The quantitative estimate of drug-likeness (QED) is 0.481.